The summed E-state index contributed by atoms with van der Waals surface area (Å²) in [4.78, 5) is 0. The Morgan fingerprint density at radius 2 is 2.14 bits per heavy atom. The Balaban J connectivity index is 4.31. The number of nitriles is 1. The Kier molecular flexibility index (Phi) is 6.16. The Hall–Kier alpha value is -0.250. The van der Waals surface area contributed by atoms with Gasteiger partial charge in [0.1, 0.15) is 0 Å². The molecular weight excluding hydrogens is 220 g/mol. The van der Waals surface area contributed by atoms with E-state index in [0.717, 1.165) is 12.2 Å². The highest BCUT2D eigenvalue weighted by Crippen LogP contribution is 2.10. The monoisotopic (exact) mass is 236 g/mol. The van der Waals surface area contributed by atoms with Gasteiger partial charge in [-0.2, -0.15) is 17.0 Å². The van der Waals surface area contributed by atoms with Crippen LogP contribution in [0.3, 0.4) is 0 Å². The van der Waals surface area contributed by atoms with Crippen LogP contribution in [0.1, 0.15) is 13.3 Å². The first kappa shape index (κ1) is 13.8. The Morgan fingerprint density at radius 1 is 1.57 bits per heavy atom. The second-order valence-electron chi connectivity index (χ2n) is 3.06. The molecule has 1 atom stereocenters. The standard InChI is InChI=1S/C8H16N2O2S2/c1-8(4-6-13-3)10(2)14(11,12)7-5-9/h8H,4,6-7H2,1-3H3. The first-order valence-corrected chi connectivity index (χ1v) is 7.27. The topological polar surface area (TPSA) is 61.2 Å². The van der Waals surface area contributed by atoms with Gasteiger partial charge in [-0.15, -0.1) is 0 Å². The predicted octanol–water partition coefficient (Wildman–Crippen LogP) is 0.913. The highest BCUT2D eigenvalue weighted by atomic mass is 32.2. The number of rotatable bonds is 6. The van der Waals surface area contributed by atoms with E-state index in [-0.39, 0.29) is 6.04 Å². The summed E-state index contributed by atoms with van der Waals surface area (Å²) in [5.74, 6) is 0.487. The lowest BCUT2D eigenvalue weighted by molar-refractivity contribution is 0.384. The van der Waals surface area contributed by atoms with Crippen LogP contribution in [0.2, 0.25) is 0 Å². The van der Waals surface area contributed by atoms with Crippen molar-refractivity contribution in [3.8, 4) is 6.07 Å². The van der Waals surface area contributed by atoms with Crippen LogP contribution in [0, 0.1) is 11.3 Å². The third-order valence-electron chi connectivity index (χ3n) is 2.05. The molecule has 4 nitrogen and oxygen atoms in total. The minimum Gasteiger partial charge on any atom is -0.211 e. The van der Waals surface area contributed by atoms with Crippen LogP contribution in [0.5, 0.6) is 0 Å². The van der Waals surface area contributed by atoms with Gasteiger partial charge in [0.05, 0.1) is 6.07 Å². The molecule has 0 saturated carbocycles. The molecule has 0 N–H and O–H groups in total. The summed E-state index contributed by atoms with van der Waals surface area (Å²) in [6.07, 6.45) is 2.79. The molecule has 0 aliphatic rings. The molecule has 0 aromatic rings. The zero-order valence-electron chi connectivity index (χ0n) is 8.73. The molecule has 0 amide bonds. The van der Waals surface area contributed by atoms with Crippen LogP contribution in [-0.2, 0) is 10.0 Å². The highest BCUT2D eigenvalue weighted by molar-refractivity contribution is 7.98. The minimum atomic E-state index is -3.38. The fourth-order valence-electron chi connectivity index (χ4n) is 0.928. The molecule has 82 valence electrons. The van der Waals surface area contributed by atoms with Crippen LogP contribution >= 0.6 is 11.8 Å². The van der Waals surface area contributed by atoms with Crippen molar-refractivity contribution in [2.24, 2.45) is 0 Å². The molecule has 6 heteroatoms. The summed E-state index contributed by atoms with van der Waals surface area (Å²) in [6, 6.07) is 1.62. The smallest absolute Gasteiger partial charge is 0.211 e. The van der Waals surface area contributed by atoms with Gasteiger partial charge >= 0.3 is 0 Å². The molecule has 0 spiro atoms. The summed E-state index contributed by atoms with van der Waals surface area (Å²) < 4.78 is 24.1. The van der Waals surface area contributed by atoms with E-state index in [1.54, 1.807) is 17.8 Å². The number of thioether (sulfide) groups is 1. The van der Waals surface area contributed by atoms with Gasteiger partial charge in [0.25, 0.3) is 0 Å². The molecule has 0 radical (unpaired) electrons. The largest absolute Gasteiger partial charge is 0.227 e. The Labute approximate surface area is 90.3 Å². The molecule has 1 unspecified atom stereocenters. The molecule has 0 aliphatic carbocycles. The van der Waals surface area contributed by atoms with Gasteiger partial charge in [-0.25, -0.2) is 12.7 Å². The predicted molar refractivity (Wildman–Crippen MR) is 59.6 cm³/mol. The van der Waals surface area contributed by atoms with E-state index >= 15 is 0 Å². The lowest BCUT2D eigenvalue weighted by Gasteiger charge is -2.22. The first-order valence-electron chi connectivity index (χ1n) is 4.27. The van der Waals surface area contributed by atoms with Crippen molar-refractivity contribution in [3.05, 3.63) is 0 Å². The molecule has 0 aliphatic heterocycles. The zero-order chi connectivity index (χ0) is 11.2. The second-order valence-corrected chi connectivity index (χ2v) is 6.08. The van der Waals surface area contributed by atoms with E-state index in [9.17, 15) is 8.42 Å². The highest BCUT2D eigenvalue weighted by Gasteiger charge is 2.22. The van der Waals surface area contributed by atoms with Crippen molar-refractivity contribution >= 4 is 21.8 Å². The average Bonchev–Trinajstić information content (AvgIpc) is 2.12. The Morgan fingerprint density at radius 3 is 2.57 bits per heavy atom. The van der Waals surface area contributed by atoms with Crippen molar-refractivity contribution in [2.45, 2.75) is 19.4 Å². The van der Waals surface area contributed by atoms with Crippen molar-refractivity contribution in [1.82, 2.24) is 4.31 Å². The molecule has 0 bridgehead atoms. The summed E-state index contributed by atoms with van der Waals surface area (Å²) >= 11 is 1.68. The zero-order valence-corrected chi connectivity index (χ0v) is 10.4. The fraction of sp³-hybridized carbons (Fsp3) is 0.875. The normalized spacial score (nSPS) is 13.9. The van der Waals surface area contributed by atoms with Crippen LogP contribution in [-0.4, -0.2) is 43.6 Å². The maximum Gasteiger partial charge on any atom is 0.227 e. The molecular formula is C8H16N2O2S2. The van der Waals surface area contributed by atoms with E-state index < -0.39 is 15.8 Å². The second kappa shape index (κ2) is 6.27. The van der Waals surface area contributed by atoms with E-state index in [1.165, 1.54) is 11.4 Å². The molecule has 0 saturated heterocycles. The summed E-state index contributed by atoms with van der Waals surface area (Å²) in [6.45, 7) is 1.85. The summed E-state index contributed by atoms with van der Waals surface area (Å²) in [7, 11) is -1.85. The lowest BCUT2D eigenvalue weighted by Crippen LogP contribution is -2.36. The maximum absolute atomic E-state index is 11.4. The lowest BCUT2D eigenvalue weighted by atomic mass is 10.3. The van der Waals surface area contributed by atoms with Gasteiger partial charge in [0.15, 0.2) is 5.75 Å². The van der Waals surface area contributed by atoms with Gasteiger partial charge in [-0.3, -0.25) is 0 Å². The number of hydrogen-bond donors (Lipinski definition) is 0. The molecule has 0 fully saturated rings. The molecule has 0 rings (SSSR count). The first-order chi connectivity index (χ1) is 6.45. The number of nitrogens with zero attached hydrogens (tertiary/aromatic N) is 2. The van der Waals surface area contributed by atoms with E-state index in [0.29, 0.717) is 0 Å². The molecule has 14 heavy (non-hydrogen) atoms. The van der Waals surface area contributed by atoms with E-state index in [1.807, 2.05) is 13.2 Å². The van der Waals surface area contributed by atoms with Crippen molar-refractivity contribution < 1.29 is 8.42 Å². The van der Waals surface area contributed by atoms with Crippen molar-refractivity contribution in [3.63, 3.8) is 0 Å². The maximum atomic E-state index is 11.4. The Bertz CT molecular complexity index is 295. The third kappa shape index (κ3) is 4.31. The van der Waals surface area contributed by atoms with Gasteiger partial charge < -0.3 is 0 Å². The summed E-state index contributed by atoms with van der Waals surface area (Å²) in [5.41, 5.74) is 0. The minimum absolute atomic E-state index is 0.0409. The van der Waals surface area contributed by atoms with Crippen molar-refractivity contribution in [2.75, 3.05) is 24.8 Å². The van der Waals surface area contributed by atoms with Gasteiger partial charge in [0, 0.05) is 13.1 Å². The van der Waals surface area contributed by atoms with E-state index in [2.05, 4.69) is 0 Å². The fourth-order valence-corrected chi connectivity index (χ4v) is 2.53. The summed E-state index contributed by atoms with van der Waals surface area (Å²) in [5, 5.41) is 8.35. The quantitative estimate of drug-likeness (QED) is 0.688. The SMILES string of the molecule is CSCCC(C)N(C)S(=O)(=O)CC#N. The van der Waals surface area contributed by atoms with Crippen LogP contribution in [0.15, 0.2) is 0 Å². The van der Waals surface area contributed by atoms with Crippen molar-refractivity contribution in [1.29, 1.82) is 5.26 Å². The number of sulfonamides is 1. The van der Waals surface area contributed by atoms with Crippen LogP contribution in [0.25, 0.3) is 0 Å². The third-order valence-corrected chi connectivity index (χ3v) is 4.42. The average molecular weight is 236 g/mol. The number of hydrogen-bond acceptors (Lipinski definition) is 4. The molecule has 0 aromatic heterocycles. The molecule has 0 heterocycles. The van der Waals surface area contributed by atoms with Crippen LogP contribution < -0.4 is 0 Å². The van der Waals surface area contributed by atoms with Crippen LogP contribution in [0.4, 0.5) is 0 Å². The van der Waals surface area contributed by atoms with Gasteiger partial charge in [0.2, 0.25) is 10.0 Å². The van der Waals surface area contributed by atoms with Gasteiger partial charge in [-0.05, 0) is 25.4 Å². The van der Waals surface area contributed by atoms with E-state index in [4.69, 9.17) is 5.26 Å². The van der Waals surface area contributed by atoms with Gasteiger partial charge in [-0.1, -0.05) is 0 Å². The molecule has 0 aromatic carbocycles.